The molecule has 1 atom stereocenters. The van der Waals surface area contributed by atoms with Crippen LogP contribution in [0.1, 0.15) is 65.1 Å². The molecule has 0 radical (unpaired) electrons. The summed E-state index contributed by atoms with van der Waals surface area (Å²) in [4.78, 5) is 4.80. The van der Waals surface area contributed by atoms with E-state index in [1.165, 1.54) is 23.1 Å². The second kappa shape index (κ2) is 8.04. The Bertz CT molecular complexity index is 528. The third kappa shape index (κ3) is 4.33. The molecule has 110 valence electrons. The molecule has 0 amide bonds. The van der Waals surface area contributed by atoms with Crippen LogP contribution in [0.15, 0.2) is 30.3 Å². The number of rotatable bonds is 3. The lowest BCUT2D eigenvalue weighted by molar-refractivity contribution is 0.525. The summed E-state index contributed by atoms with van der Waals surface area (Å²) in [6.07, 6.45) is 2.32. The third-order valence-corrected chi connectivity index (χ3v) is 3.65. The number of pyridine rings is 1. The molecule has 0 N–H and O–H groups in total. The van der Waals surface area contributed by atoms with Crippen molar-refractivity contribution >= 4 is 10.9 Å². The summed E-state index contributed by atoms with van der Waals surface area (Å²) in [6, 6.07) is 10.9. The molecule has 0 spiro atoms. The molecule has 20 heavy (non-hydrogen) atoms. The van der Waals surface area contributed by atoms with E-state index in [1.807, 2.05) is 0 Å². The lowest BCUT2D eigenvalue weighted by Gasteiger charge is -2.15. The van der Waals surface area contributed by atoms with Gasteiger partial charge in [-0.05, 0) is 30.0 Å². The Morgan fingerprint density at radius 1 is 0.950 bits per heavy atom. The van der Waals surface area contributed by atoms with E-state index in [0.717, 1.165) is 11.9 Å². The Balaban J connectivity index is 0.000000612. The first-order valence-corrected chi connectivity index (χ1v) is 7.92. The van der Waals surface area contributed by atoms with Crippen LogP contribution >= 0.6 is 0 Å². The van der Waals surface area contributed by atoms with Gasteiger partial charge >= 0.3 is 0 Å². The first-order valence-electron chi connectivity index (χ1n) is 7.92. The van der Waals surface area contributed by atoms with E-state index >= 15 is 0 Å². The molecular formula is C19H29N. The molecule has 0 saturated carbocycles. The summed E-state index contributed by atoms with van der Waals surface area (Å²) in [5.74, 6) is 1.15. The van der Waals surface area contributed by atoms with E-state index in [9.17, 15) is 0 Å². The number of hydrogen-bond acceptors (Lipinski definition) is 1. The molecule has 2 rings (SSSR count). The molecule has 0 aliphatic rings. The Hall–Kier alpha value is -1.37. The van der Waals surface area contributed by atoms with Crippen LogP contribution in [0.2, 0.25) is 0 Å². The fourth-order valence-electron chi connectivity index (χ4n) is 1.99. The largest absolute Gasteiger partial charge is 0.253 e. The van der Waals surface area contributed by atoms with Crippen LogP contribution in [0.5, 0.6) is 0 Å². The summed E-state index contributed by atoms with van der Waals surface area (Å²) >= 11 is 0. The van der Waals surface area contributed by atoms with Gasteiger partial charge in [0.1, 0.15) is 0 Å². The highest BCUT2D eigenvalue weighted by atomic mass is 14.7. The Morgan fingerprint density at radius 2 is 1.55 bits per heavy atom. The molecule has 0 aliphatic carbocycles. The first-order chi connectivity index (χ1) is 9.53. The number of aromatic nitrogens is 1. The van der Waals surface area contributed by atoms with Crippen molar-refractivity contribution in [3.63, 3.8) is 0 Å². The van der Waals surface area contributed by atoms with Gasteiger partial charge in [-0.3, -0.25) is 4.98 Å². The van der Waals surface area contributed by atoms with Gasteiger partial charge in [0.25, 0.3) is 0 Å². The maximum Gasteiger partial charge on any atom is 0.0708 e. The standard InChI is InChI=1S/C16H21N.C3H8/c1-5-13-6-7-14-8-9-15(12(4)11(2)3)17-16(14)10-13;1-3-2/h6-12H,5H2,1-4H3;3H2,1-2H3. The molecule has 0 aliphatic heterocycles. The number of hydrogen-bond donors (Lipinski definition) is 0. The van der Waals surface area contributed by atoms with Gasteiger partial charge < -0.3 is 0 Å². The van der Waals surface area contributed by atoms with Crippen LogP contribution in [0.25, 0.3) is 10.9 Å². The molecule has 0 saturated heterocycles. The summed E-state index contributed by atoms with van der Waals surface area (Å²) in [5, 5.41) is 1.24. The molecule has 0 bridgehead atoms. The van der Waals surface area contributed by atoms with Crippen molar-refractivity contribution in [2.75, 3.05) is 0 Å². The quantitative estimate of drug-likeness (QED) is 0.670. The van der Waals surface area contributed by atoms with Gasteiger partial charge in [-0.1, -0.05) is 66.2 Å². The average molecular weight is 271 g/mol. The van der Waals surface area contributed by atoms with E-state index < -0.39 is 0 Å². The molecule has 2 aromatic rings. The highest BCUT2D eigenvalue weighted by Gasteiger charge is 2.11. The van der Waals surface area contributed by atoms with E-state index in [2.05, 4.69) is 71.9 Å². The summed E-state index contributed by atoms with van der Waals surface area (Å²) in [7, 11) is 0. The van der Waals surface area contributed by atoms with Gasteiger partial charge in [0.15, 0.2) is 0 Å². The van der Waals surface area contributed by atoms with Crippen molar-refractivity contribution < 1.29 is 0 Å². The minimum Gasteiger partial charge on any atom is -0.253 e. The lowest BCUT2D eigenvalue weighted by atomic mass is 9.94. The van der Waals surface area contributed by atoms with Crippen molar-refractivity contribution in [3.8, 4) is 0 Å². The molecule has 1 heteroatoms. The highest BCUT2D eigenvalue weighted by Crippen LogP contribution is 2.24. The van der Waals surface area contributed by atoms with Crippen LogP contribution in [-0.2, 0) is 6.42 Å². The Morgan fingerprint density at radius 3 is 2.10 bits per heavy atom. The van der Waals surface area contributed by atoms with Crippen molar-refractivity contribution in [2.24, 2.45) is 5.92 Å². The molecule has 0 fully saturated rings. The zero-order valence-electron chi connectivity index (χ0n) is 13.9. The highest BCUT2D eigenvalue weighted by molar-refractivity contribution is 5.79. The van der Waals surface area contributed by atoms with E-state index in [4.69, 9.17) is 4.98 Å². The van der Waals surface area contributed by atoms with E-state index in [-0.39, 0.29) is 0 Å². The summed E-state index contributed by atoms with van der Waals surface area (Å²) in [6.45, 7) is 13.2. The number of aryl methyl sites for hydroxylation is 1. The van der Waals surface area contributed by atoms with E-state index in [0.29, 0.717) is 11.8 Å². The van der Waals surface area contributed by atoms with E-state index in [1.54, 1.807) is 0 Å². The molecule has 1 aromatic heterocycles. The zero-order valence-corrected chi connectivity index (χ0v) is 13.9. The topological polar surface area (TPSA) is 12.9 Å². The average Bonchev–Trinajstić information content (AvgIpc) is 2.46. The number of nitrogens with zero attached hydrogens (tertiary/aromatic N) is 1. The Kier molecular flexibility index (Phi) is 6.70. The predicted octanol–water partition coefficient (Wildman–Crippen LogP) is 5.97. The van der Waals surface area contributed by atoms with Crippen molar-refractivity contribution in [1.29, 1.82) is 0 Å². The van der Waals surface area contributed by atoms with Gasteiger partial charge in [0.05, 0.1) is 5.52 Å². The summed E-state index contributed by atoms with van der Waals surface area (Å²) < 4.78 is 0. The first kappa shape index (κ1) is 16.7. The second-order valence-electron chi connectivity index (χ2n) is 5.86. The molecule has 1 nitrogen and oxygen atoms in total. The Labute approximate surface area is 124 Å². The van der Waals surface area contributed by atoms with Gasteiger partial charge in [-0.15, -0.1) is 0 Å². The van der Waals surface area contributed by atoms with Crippen molar-refractivity contribution in [3.05, 3.63) is 41.6 Å². The maximum atomic E-state index is 4.80. The smallest absolute Gasteiger partial charge is 0.0708 e. The van der Waals surface area contributed by atoms with Crippen LogP contribution < -0.4 is 0 Å². The normalized spacial score (nSPS) is 12.2. The number of benzene rings is 1. The molecule has 1 heterocycles. The molecule has 1 aromatic carbocycles. The monoisotopic (exact) mass is 271 g/mol. The number of fused-ring (bicyclic) bond motifs is 1. The molecular weight excluding hydrogens is 242 g/mol. The fourth-order valence-corrected chi connectivity index (χ4v) is 1.99. The van der Waals surface area contributed by atoms with Crippen molar-refractivity contribution in [2.45, 2.75) is 60.3 Å². The zero-order chi connectivity index (χ0) is 15.1. The SMILES string of the molecule is CCC.CCc1ccc2ccc(C(C)C(C)C)nc2c1. The lowest BCUT2D eigenvalue weighted by Crippen LogP contribution is -2.04. The maximum absolute atomic E-state index is 4.80. The van der Waals surface area contributed by atoms with Crippen LogP contribution in [-0.4, -0.2) is 4.98 Å². The van der Waals surface area contributed by atoms with Crippen LogP contribution in [0.4, 0.5) is 0 Å². The fraction of sp³-hybridized carbons (Fsp3) is 0.526. The summed E-state index contributed by atoms with van der Waals surface area (Å²) in [5.41, 5.74) is 3.70. The van der Waals surface area contributed by atoms with Gasteiger partial charge in [0, 0.05) is 17.0 Å². The van der Waals surface area contributed by atoms with Gasteiger partial charge in [-0.2, -0.15) is 0 Å². The third-order valence-electron chi connectivity index (χ3n) is 3.65. The van der Waals surface area contributed by atoms with Gasteiger partial charge in [-0.25, -0.2) is 0 Å². The van der Waals surface area contributed by atoms with Gasteiger partial charge in [0.2, 0.25) is 0 Å². The minimum atomic E-state index is 0.518. The second-order valence-corrected chi connectivity index (χ2v) is 5.86. The van der Waals surface area contributed by atoms with Crippen LogP contribution in [0.3, 0.4) is 0 Å². The minimum absolute atomic E-state index is 0.518. The van der Waals surface area contributed by atoms with Crippen molar-refractivity contribution in [1.82, 2.24) is 4.98 Å². The van der Waals surface area contributed by atoms with Crippen LogP contribution in [0, 0.1) is 5.92 Å². The predicted molar refractivity (Wildman–Crippen MR) is 90.3 cm³/mol. The molecule has 1 unspecified atom stereocenters.